The quantitative estimate of drug-likeness (QED) is 0.385. The summed E-state index contributed by atoms with van der Waals surface area (Å²) in [5.41, 5.74) is 1.87. The van der Waals surface area contributed by atoms with Crippen LogP contribution in [-0.4, -0.2) is 19.5 Å². The number of hydrogen-bond acceptors (Lipinski definition) is 3. The first-order chi connectivity index (χ1) is 9.71. The molecule has 3 heteroatoms. The molecule has 0 radical (unpaired) electrons. The normalized spacial score (nSPS) is 11.0. The molecule has 0 aromatic heterocycles. The van der Waals surface area contributed by atoms with Crippen molar-refractivity contribution < 1.29 is 14.3 Å². The van der Waals surface area contributed by atoms with Crippen LogP contribution in [0.5, 0.6) is 11.5 Å². The highest BCUT2D eigenvalue weighted by Gasteiger charge is 2.05. The summed E-state index contributed by atoms with van der Waals surface area (Å²) in [7, 11) is 0. The Bertz CT molecular complexity index is 475. The molecule has 0 aliphatic heterocycles. The summed E-state index contributed by atoms with van der Waals surface area (Å²) in [6, 6.07) is 5.20. The lowest BCUT2D eigenvalue weighted by Crippen LogP contribution is -2.01. The molecule has 108 valence electrons. The minimum Gasteiger partial charge on any atom is -0.490 e. The van der Waals surface area contributed by atoms with Gasteiger partial charge in [0.1, 0.15) is 6.29 Å². The van der Waals surface area contributed by atoms with E-state index in [4.69, 9.17) is 9.47 Å². The van der Waals surface area contributed by atoms with Crippen LogP contribution in [0.1, 0.15) is 37.0 Å². The molecule has 0 N–H and O–H groups in total. The molecular weight excluding hydrogens is 252 g/mol. The molecule has 0 heterocycles. The molecule has 1 aromatic carbocycles. The predicted molar refractivity (Wildman–Crippen MR) is 81.7 cm³/mol. The minimum absolute atomic E-state index is 0.539. The summed E-state index contributed by atoms with van der Waals surface area (Å²) >= 11 is 0. The third-order valence-corrected chi connectivity index (χ3v) is 2.74. The Labute approximate surface area is 120 Å². The summed E-state index contributed by atoms with van der Waals surface area (Å²) in [4.78, 5) is 10.8. The average Bonchev–Trinajstić information content (AvgIpc) is 2.45. The van der Waals surface area contributed by atoms with Gasteiger partial charge in [-0.3, -0.25) is 4.79 Å². The third-order valence-electron chi connectivity index (χ3n) is 2.74. The van der Waals surface area contributed by atoms with Crippen molar-refractivity contribution in [1.29, 1.82) is 0 Å². The molecule has 3 nitrogen and oxygen atoms in total. The maximum atomic E-state index is 10.8. The van der Waals surface area contributed by atoms with Gasteiger partial charge in [0.05, 0.1) is 13.2 Å². The standard InChI is InChI=1S/C17H22O3/c1-4-7-14(3)8-6-11-20-16-10-9-15(13-18)12-17(16)19-5-2/h4,8-10,12-13H,1,5-7,11H2,2-3H3. The zero-order valence-corrected chi connectivity index (χ0v) is 12.2. The van der Waals surface area contributed by atoms with Gasteiger partial charge in [-0.05, 0) is 44.9 Å². The number of benzene rings is 1. The van der Waals surface area contributed by atoms with Crippen molar-refractivity contribution in [3.05, 3.63) is 48.1 Å². The summed E-state index contributed by atoms with van der Waals surface area (Å²) in [6.45, 7) is 8.80. The Morgan fingerprint density at radius 2 is 2.10 bits per heavy atom. The zero-order valence-electron chi connectivity index (χ0n) is 12.2. The lowest BCUT2D eigenvalue weighted by Gasteiger charge is -2.11. The molecule has 0 unspecified atom stereocenters. The first-order valence-electron chi connectivity index (χ1n) is 6.82. The SMILES string of the molecule is C=CCC(C)=CCCOc1ccc(C=O)cc1OCC. The molecular formula is C17H22O3. The molecule has 0 fully saturated rings. The second kappa shape index (κ2) is 8.97. The number of carbonyl (C=O) groups is 1. The molecule has 0 bridgehead atoms. The van der Waals surface area contributed by atoms with Gasteiger partial charge in [-0.15, -0.1) is 6.58 Å². The van der Waals surface area contributed by atoms with Gasteiger partial charge >= 0.3 is 0 Å². The fourth-order valence-corrected chi connectivity index (χ4v) is 1.77. The second-order valence-electron chi connectivity index (χ2n) is 4.44. The van der Waals surface area contributed by atoms with Crippen molar-refractivity contribution in [3.8, 4) is 11.5 Å². The Hall–Kier alpha value is -2.03. The first-order valence-corrected chi connectivity index (χ1v) is 6.82. The third kappa shape index (κ3) is 5.31. The molecule has 0 spiro atoms. The zero-order chi connectivity index (χ0) is 14.8. The number of allylic oxidation sites excluding steroid dienone is 2. The van der Waals surface area contributed by atoms with Crippen molar-refractivity contribution in [2.24, 2.45) is 0 Å². The summed E-state index contributed by atoms with van der Waals surface area (Å²) in [6.07, 6.45) is 6.56. The number of aldehydes is 1. The molecule has 1 rings (SSSR count). The van der Waals surface area contributed by atoms with Crippen LogP contribution >= 0.6 is 0 Å². The lowest BCUT2D eigenvalue weighted by atomic mass is 10.2. The van der Waals surface area contributed by atoms with Crippen LogP contribution in [0.2, 0.25) is 0 Å². The molecule has 0 amide bonds. The van der Waals surface area contributed by atoms with Gasteiger partial charge in [-0.25, -0.2) is 0 Å². The number of hydrogen-bond donors (Lipinski definition) is 0. The first kappa shape index (κ1) is 16.0. The molecule has 0 saturated heterocycles. The Morgan fingerprint density at radius 1 is 1.30 bits per heavy atom. The number of rotatable bonds is 9. The Morgan fingerprint density at radius 3 is 2.75 bits per heavy atom. The van der Waals surface area contributed by atoms with Gasteiger partial charge in [-0.1, -0.05) is 17.7 Å². The predicted octanol–water partition coefficient (Wildman–Crippen LogP) is 4.19. The van der Waals surface area contributed by atoms with Gasteiger partial charge in [0, 0.05) is 5.56 Å². The molecule has 0 atom stereocenters. The van der Waals surface area contributed by atoms with Crippen molar-refractivity contribution in [3.63, 3.8) is 0 Å². The van der Waals surface area contributed by atoms with Crippen LogP contribution in [-0.2, 0) is 0 Å². The van der Waals surface area contributed by atoms with Crippen molar-refractivity contribution >= 4 is 6.29 Å². The highest BCUT2D eigenvalue weighted by atomic mass is 16.5. The maximum absolute atomic E-state index is 10.8. The van der Waals surface area contributed by atoms with Crippen LogP contribution < -0.4 is 9.47 Å². The topological polar surface area (TPSA) is 35.5 Å². The van der Waals surface area contributed by atoms with E-state index in [9.17, 15) is 4.79 Å². The summed E-state index contributed by atoms with van der Waals surface area (Å²) in [5.74, 6) is 1.29. The highest BCUT2D eigenvalue weighted by molar-refractivity contribution is 5.76. The van der Waals surface area contributed by atoms with Crippen LogP contribution in [0.4, 0.5) is 0 Å². The van der Waals surface area contributed by atoms with Gasteiger partial charge < -0.3 is 9.47 Å². The van der Waals surface area contributed by atoms with E-state index in [1.54, 1.807) is 18.2 Å². The summed E-state index contributed by atoms with van der Waals surface area (Å²) < 4.78 is 11.2. The van der Waals surface area contributed by atoms with Gasteiger partial charge in [0.15, 0.2) is 11.5 Å². The fourth-order valence-electron chi connectivity index (χ4n) is 1.77. The minimum atomic E-state index is 0.539. The van der Waals surface area contributed by atoms with Crippen LogP contribution in [0.15, 0.2) is 42.5 Å². The second-order valence-corrected chi connectivity index (χ2v) is 4.44. The molecule has 20 heavy (non-hydrogen) atoms. The van der Waals surface area contributed by atoms with Crippen molar-refractivity contribution in [1.82, 2.24) is 0 Å². The molecule has 0 saturated carbocycles. The number of ether oxygens (including phenoxy) is 2. The highest BCUT2D eigenvalue weighted by Crippen LogP contribution is 2.28. The lowest BCUT2D eigenvalue weighted by molar-refractivity contribution is 0.112. The van der Waals surface area contributed by atoms with E-state index in [2.05, 4.69) is 19.6 Å². The van der Waals surface area contributed by atoms with Crippen LogP contribution in [0, 0.1) is 0 Å². The van der Waals surface area contributed by atoms with E-state index < -0.39 is 0 Å². The van der Waals surface area contributed by atoms with Crippen LogP contribution in [0.3, 0.4) is 0 Å². The fraction of sp³-hybridized carbons (Fsp3) is 0.353. The van der Waals surface area contributed by atoms with E-state index in [0.717, 1.165) is 19.1 Å². The molecule has 1 aromatic rings. The molecule has 0 aliphatic carbocycles. The largest absolute Gasteiger partial charge is 0.490 e. The van der Waals surface area contributed by atoms with Gasteiger partial charge in [0.25, 0.3) is 0 Å². The van der Waals surface area contributed by atoms with Crippen molar-refractivity contribution in [2.45, 2.75) is 26.7 Å². The van der Waals surface area contributed by atoms with E-state index in [1.807, 2.05) is 13.0 Å². The van der Waals surface area contributed by atoms with E-state index in [-0.39, 0.29) is 0 Å². The Kier molecular flexibility index (Phi) is 7.18. The molecule has 0 aliphatic rings. The maximum Gasteiger partial charge on any atom is 0.161 e. The van der Waals surface area contributed by atoms with Gasteiger partial charge in [-0.2, -0.15) is 0 Å². The smallest absolute Gasteiger partial charge is 0.161 e. The monoisotopic (exact) mass is 274 g/mol. The number of carbonyl (C=O) groups excluding carboxylic acids is 1. The van der Waals surface area contributed by atoms with Gasteiger partial charge in [0.2, 0.25) is 0 Å². The average molecular weight is 274 g/mol. The van der Waals surface area contributed by atoms with E-state index >= 15 is 0 Å². The van der Waals surface area contributed by atoms with Crippen LogP contribution in [0.25, 0.3) is 0 Å². The Balaban J connectivity index is 2.60. The van der Waals surface area contributed by atoms with E-state index in [1.165, 1.54) is 5.57 Å². The van der Waals surface area contributed by atoms with E-state index in [0.29, 0.717) is 30.3 Å². The summed E-state index contributed by atoms with van der Waals surface area (Å²) in [5, 5.41) is 0. The van der Waals surface area contributed by atoms with Crippen molar-refractivity contribution in [2.75, 3.05) is 13.2 Å².